The highest BCUT2D eigenvalue weighted by atomic mass is 16.7. The number of hydrogen-bond donors (Lipinski definition) is 1. The molecule has 74 valence electrons. The van der Waals surface area contributed by atoms with Crippen LogP contribution in [0.25, 0.3) is 0 Å². The van der Waals surface area contributed by atoms with Gasteiger partial charge in [-0.15, -0.1) is 0 Å². The molecule has 2 rings (SSSR count). The van der Waals surface area contributed by atoms with E-state index in [1.807, 2.05) is 14.0 Å². The van der Waals surface area contributed by atoms with Crippen molar-refractivity contribution < 1.29 is 9.94 Å². The number of rotatable bonds is 1. The molecular weight excluding hydrogens is 168 g/mol. The summed E-state index contributed by atoms with van der Waals surface area (Å²) in [5, 5.41) is 14.0. The van der Waals surface area contributed by atoms with Crippen LogP contribution >= 0.6 is 0 Å². The van der Waals surface area contributed by atoms with Crippen molar-refractivity contribution in [1.29, 1.82) is 0 Å². The van der Waals surface area contributed by atoms with Crippen molar-refractivity contribution in [2.45, 2.75) is 38.0 Å². The highest BCUT2D eigenvalue weighted by molar-refractivity contribution is 5.83. The van der Waals surface area contributed by atoms with Gasteiger partial charge in [0, 0.05) is 0 Å². The molecule has 1 fully saturated rings. The maximum Gasteiger partial charge on any atom is 0.255 e. The second kappa shape index (κ2) is 2.96. The van der Waals surface area contributed by atoms with Crippen molar-refractivity contribution >= 4 is 5.71 Å². The van der Waals surface area contributed by atoms with Crippen LogP contribution in [-0.4, -0.2) is 41.1 Å². The summed E-state index contributed by atoms with van der Waals surface area (Å²) in [4.78, 5) is 7.26. The van der Waals surface area contributed by atoms with Gasteiger partial charge in [-0.2, -0.15) is 0 Å². The Morgan fingerprint density at radius 1 is 1.69 bits per heavy atom. The Labute approximate surface area is 78.2 Å². The van der Waals surface area contributed by atoms with E-state index >= 15 is 0 Å². The van der Waals surface area contributed by atoms with Gasteiger partial charge in [-0.25, -0.2) is 0 Å². The summed E-state index contributed by atoms with van der Waals surface area (Å²) in [6.07, 6.45) is 2.67. The Bertz CT molecular complexity index is 242. The van der Waals surface area contributed by atoms with Gasteiger partial charge in [0.15, 0.2) is 0 Å². The number of nitrogens with zero attached hydrogens (tertiary/aromatic N) is 2. The Balaban J connectivity index is 2.08. The molecular formula is C9H16N2O2. The van der Waals surface area contributed by atoms with Crippen molar-refractivity contribution in [1.82, 2.24) is 4.90 Å². The molecule has 2 aliphatic heterocycles. The van der Waals surface area contributed by atoms with Crippen molar-refractivity contribution in [3.8, 4) is 0 Å². The van der Waals surface area contributed by atoms with Gasteiger partial charge in [0.25, 0.3) is 5.79 Å². The van der Waals surface area contributed by atoms with Crippen LogP contribution in [0.3, 0.4) is 0 Å². The van der Waals surface area contributed by atoms with Gasteiger partial charge in [0.05, 0.1) is 18.2 Å². The average molecular weight is 184 g/mol. The lowest BCUT2D eigenvalue weighted by molar-refractivity contribution is -0.217. The summed E-state index contributed by atoms with van der Waals surface area (Å²) in [6.45, 7) is 2.92. The lowest BCUT2D eigenvalue weighted by atomic mass is 10.00. The van der Waals surface area contributed by atoms with Crippen LogP contribution in [0.4, 0.5) is 0 Å². The smallest absolute Gasteiger partial charge is 0.255 e. The number of likely N-dealkylation sites (N-methyl/N-ethyl adjacent to an activating group) is 1. The van der Waals surface area contributed by atoms with Crippen molar-refractivity contribution in [3.63, 3.8) is 0 Å². The Morgan fingerprint density at radius 2 is 2.46 bits per heavy atom. The number of aliphatic hydroxyl groups is 1. The molecule has 1 N–H and O–H groups in total. The molecule has 0 aromatic rings. The van der Waals surface area contributed by atoms with Gasteiger partial charge in [0.1, 0.15) is 0 Å². The summed E-state index contributed by atoms with van der Waals surface area (Å²) in [5.41, 5.74) is 0.878. The normalized spacial score (nSPS) is 40.5. The fraction of sp³-hybridized carbons (Fsp3) is 0.889. The highest BCUT2D eigenvalue weighted by Gasteiger charge is 2.47. The highest BCUT2D eigenvalue weighted by Crippen LogP contribution is 2.33. The predicted molar refractivity (Wildman–Crippen MR) is 49.4 cm³/mol. The van der Waals surface area contributed by atoms with Gasteiger partial charge in [-0.3, -0.25) is 4.90 Å². The van der Waals surface area contributed by atoms with E-state index in [9.17, 15) is 5.11 Å². The second-order valence-electron chi connectivity index (χ2n) is 4.08. The number of likely N-dealkylation sites (tertiary alicyclic amines) is 1. The third-order valence-corrected chi connectivity index (χ3v) is 2.91. The molecule has 2 heterocycles. The molecule has 2 aliphatic rings. The number of oxime groups is 1. The molecule has 0 aromatic carbocycles. The topological polar surface area (TPSA) is 45.1 Å². The first-order chi connectivity index (χ1) is 6.12. The van der Waals surface area contributed by atoms with Crippen LogP contribution in [0.2, 0.25) is 0 Å². The molecule has 4 heteroatoms. The number of hydrogen-bond acceptors (Lipinski definition) is 4. The lowest BCUT2D eigenvalue weighted by Gasteiger charge is -2.31. The minimum absolute atomic E-state index is 0.105. The zero-order valence-corrected chi connectivity index (χ0v) is 8.16. The van der Waals surface area contributed by atoms with Crippen LogP contribution in [0, 0.1) is 0 Å². The summed E-state index contributed by atoms with van der Waals surface area (Å²) < 4.78 is 0. The van der Waals surface area contributed by atoms with Crippen molar-refractivity contribution in [2.75, 3.05) is 13.6 Å². The average Bonchev–Trinajstić information content (AvgIpc) is 2.59. The van der Waals surface area contributed by atoms with Crippen LogP contribution in [0.15, 0.2) is 5.16 Å². The van der Waals surface area contributed by atoms with Crippen LogP contribution in [0.1, 0.15) is 26.2 Å². The van der Waals surface area contributed by atoms with Gasteiger partial charge in [-0.05, 0) is 33.4 Å². The quantitative estimate of drug-likeness (QED) is 0.648. The van der Waals surface area contributed by atoms with E-state index in [-0.39, 0.29) is 6.04 Å². The largest absolute Gasteiger partial charge is 0.358 e. The summed E-state index contributed by atoms with van der Waals surface area (Å²) in [6, 6.07) is 0.105. The van der Waals surface area contributed by atoms with Gasteiger partial charge < -0.3 is 9.94 Å². The van der Waals surface area contributed by atoms with Crippen molar-refractivity contribution in [3.05, 3.63) is 0 Å². The minimum Gasteiger partial charge on any atom is -0.358 e. The van der Waals surface area contributed by atoms with Crippen molar-refractivity contribution in [2.24, 2.45) is 5.16 Å². The molecule has 2 atom stereocenters. The van der Waals surface area contributed by atoms with E-state index in [1.165, 1.54) is 0 Å². The minimum atomic E-state index is -1.06. The first kappa shape index (κ1) is 8.97. The molecule has 1 unspecified atom stereocenters. The molecule has 13 heavy (non-hydrogen) atoms. The standard InChI is InChI=1S/C9H16N2O2/c1-7-6-9(12,13-10-7)8-4-3-5-11(8)2/h8,12H,3-6H2,1-2H3/t8-,9?/m0/s1. The third-order valence-electron chi connectivity index (χ3n) is 2.91. The fourth-order valence-electron chi connectivity index (χ4n) is 2.25. The first-order valence-electron chi connectivity index (χ1n) is 4.76. The van der Waals surface area contributed by atoms with E-state index in [1.54, 1.807) is 0 Å². The lowest BCUT2D eigenvalue weighted by Crippen LogP contribution is -2.48. The molecule has 0 amide bonds. The summed E-state index contributed by atoms with van der Waals surface area (Å²) in [7, 11) is 2.02. The van der Waals surface area contributed by atoms with E-state index in [0.29, 0.717) is 6.42 Å². The molecule has 1 saturated heterocycles. The predicted octanol–water partition coefficient (Wildman–Crippen LogP) is 0.565. The maximum atomic E-state index is 10.2. The maximum absolute atomic E-state index is 10.2. The SMILES string of the molecule is CC1=NOC(O)([C@@H]2CCCN2C)C1. The fourth-order valence-corrected chi connectivity index (χ4v) is 2.25. The second-order valence-corrected chi connectivity index (χ2v) is 4.08. The van der Waals surface area contributed by atoms with Crippen LogP contribution in [0.5, 0.6) is 0 Å². The molecule has 0 aromatic heterocycles. The van der Waals surface area contributed by atoms with Gasteiger partial charge in [0.2, 0.25) is 0 Å². The molecule has 4 nitrogen and oxygen atoms in total. The molecule has 0 saturated carbocycles. The molecule has 0 aliphatic carbocycles. The van der Waals surface area contributed by atoms with E-state index in [0.717, 1.165) is 25.1 Å². The summed E-state index contributed by atoms with van der Waals surface area (Å²) in [5.74, 6) is -1.06. The zero-order valence-electron chi connectivity index (χ0n) is 8.16. The van der Waals surface area contributed by atoms with Crippen LogP contribution < -0.4 is 0 Å². The van der Waals surface area contributed by atoms with E-state index in [4.69, 9.17) is 4.84 Å². The molecule has 0 spiro atoms. The van der Waals surface area contributed by atoms with Gasteiger partial charge in [-0.1, -0.05) is 5.16 Å². The third kappa shape index (κ3) is 1.44. The Kier molecular flexibility index (Phi) is 2.04. The van der Waals surface area contributed by atoms with E-state index < -0.39 is 5.79 Å². The Morgan fingerprint density at radius 3 is 2.92 bits per heavy atom. The van der Waals surface area contributed by atoms with E-state index in [2.05, 4.69) is 10.1 Å². The Hall–Kier alpha value is -0.610. The van der Waals surface area contributed by atoms with Gasteiger partial charge >= 0.3 is 0 Å². The van der Waals surface area contributed by atoms with Crippen LogP contribution in [-0.2, 0) is 4.84 Å². The molecule has 0 bridgehead atoms. The monoisotopic (exact) mass is 184 g/mol. The first-order valence-corrected chi connectivity index (χ1v) is 4.76. The summed E-state index contributed by atoms with van der Waals surface area (Å²) >= 11 is 0. The molecule has 0 radical (unpaired) electrons. The zero-order chi connectivity index (χ0) is 9.47.